The van der Waals surface area contributed by atoms with Gasteiger partial charge in [0, 0.05) is 18.2 Å². The van der Waals surface area contributed by atoms with E-state index in [4.69, 9.17) is 4.74 Å². The molecule has 1 aromatic carbocycles. The predicted octanol–water partition coefficient (Wildman–Crippen LogP) is 4.14. The Kier molecular flexibility index (Phi) is 3.01. The zero-order chi connectivity index (χ0) is 15.2. The average molecular weight is 280 g/mol. The van der Waals surface area contributed by atoms with Crippen LogP contribution in [0.3, 0.4) is 0 Å². The van der Waals surface area contributed by atoms with Crippen molar-refractivity contribution in [2.75, 3.05) is 0 Å². The molecule has 0 unspecified atom stereocenters. The third-order valence-electron chi connectivity index (χ3n) is 3.90. The monoisotopic (exact) mass is 280 g/mol. The molecule has 0 amide bonds. The van der Waals surface area contributed by atoms with Gasteiger partial charge in [-0.3, -0.25) is 4.68 Å². The summed E-state index contributed by atoms with van der Waals surface area (Å²) in [6.07, 6.45) is 4.01. The van der Waals surface area contributed by atoms with Gasteiger partial charge in [0.2, 0.25) is 0 Å². The van der Waals surface area contributed by atoms with Crippen molar-refractivity contribution in [3.8, 4) is 17.0 Å². The van der Waals surface area contributed by atoms with Gasteiger partial charge in [-0.05, 0) is 44.6 Å². The van der Waals surface area contributed by atoms with Crippen molar-refractivity contribution in [3.05, 3.63) is 53.8 Å². The molecule has 0 saturated heterocycles. The van der Waals surface area contributed by atoms with Crippen LogP contribution in [-0.4, -0.2) is 15.4 Å². The predicted molar refractivity (Wildman–Crippen MR) is 86.3 cm³/mol. The van der Waals surface area contributed by atoms with Crippen LogP contribution in [-0.2, 0) is 7.05 Å². The summed E-state index contributed by atoms with van der Waals surface area (Å²) in [5, 5.41) is 4.40. The number of hydrogen-bond acceptors (Lipinski definition) is 2. The van der Waals surface area contributed by atoms with Crippen LogP contribution >= 0.6 is 0 Å². The Morgan fingerprint density at radius 3 is 2.67 bits per heavy atom. The lowest BCUT2D eigenvalue weighted by atomic mass is 9.92. The van der Waals surface area contributed by atoms with Gasteiger partial charge in [0.05, 0.1) is 11.4 Å². The smallest absolute Gasteiger partial charge is 0.128 e. The molecular formula is C18H20N2O. The molecule has 0 N–H and O–H groups in total. The topological polar surface area (TPSA) is 27.1 Å². The summed E-state index contributed by atoms with van der Waals surface area (Å²) in [6.45, 7) is 9.99. The number of fused-ring (bicyclic) bond motifs is 1. The van der Waals surface area contributed by atoms with Crippen LogP contribution in [0, 0.1) is 6.92 Å². The second-order valence-corrected chi connectivity index (χ2v) is 5.96. The first kappa shape index (κ1) is 13.7. The summed E-state index contributed by atoms with van der Waals surface area (Å²) in [5.74, 6) is 0.905. The molecule has 108 valence electrons. The first-order valence-corrected chi connectivity index (χ1v) is 7.09. The van der Waals surface area contributed by atoms with Crippen molar-refractivity contribution in [2.45, 2.75) is 26.4 Å². The fraction of sp³-hybridized carbons (Fsp3) is 0.278. The van der Waals surface area contributed by atoms with Gasteiger partial charge in [-0.2, -0.15) is 5.10 Å². The number of rotatable bonds is 2. The van der Waals surface area contributed by atoms with Crippen LogP contribution in [0.25, 0.3) is 17.3 Å². The van der Waals surface area contributed by atoms with Gasteiger partial charge in [-0.1, -0.05) is 24.8 Å². The molecule has 3 heteroatoms. The summed E-state index contributed by atoms with van der Waals surface area (Å²) >= 11 is 0. The van der Waals surface area contributed by atoms with E-state index in [9.17, 15) is 0 Å². The highest BCUT2D eigenvalue weighted by molar-refractivity contribution is 5.72. The third kappa shape index (κ3) is 2.29. The van der Waals surface area contributed by atoms with E-state index in [1.165, 1.54) is 0 Å². The van der Waals surface area contributed by atoms with E-state index in [1.54, 1.807) is 0 Å². The average Bonchev–Trinajstić information content (AvgIpc) is 2.75. The number of ether oxygens (including phenoxy) is 1. The minimum Gasteiger partial charge on any atom is -0.483 e. The number of nitrogens with zero attached hydrogens (tertiary/aromatic N) is 2. The molecule has 0 bridgehead atoms. The van der Waals surface area contributed by atoms with Crippen molar-refractivity contribution < 1.29 is 4.74 Å². The Morgan fingerprint density at radius 1 is 1.29 bits per heavy atom. The number of aryl methyl sites for hydroxylation is 2. The fourth-order valence-electron chi connectivity index (χ4n) is 2.76. The van der Waals surface area contributed by atoms with E-state index in [2.05, 4.69) is 55.9 Å². The lowest BCUT2D eigenvalue weighted by Crippen LogP contribution is -2.32. The van der Waals surface area contributed by atoms with E-state index < -0.39 is 0 Å². The lowest BCUT2D eigenvalue weighted by molar-refractivity contribution is 0.149. The molecule has 1 aliphatic rings. The molecule has 1 aromatic heterocycles. The summed E-state index contributed by atoms with van der Waals surface area (Å²) in [7, 11) is 1.96. The van der Waals surface area contributed by atoms with Crippen molar-refractivity contribution in [1.29, 1.82) is 0 Å². The molecule has 3 rings (SSSR count). The number of aromatic nitrogens is 2. The molecule has 2 aromatic rings. The van der Waals surface area contributed by atoms with Gasteiger partial charge in [-0.25, -0.2) is 0 Å². The van der Waals surface area contributed by atoms with E-state index in [0.29, 0.717) is 0 Å². The van der Waals surface area contributed by atoms with Crippen molar-refractivity contribution in [3.63, 3.8) is 0 Å². The second-order valence-electron chi connectivity index (χ2n) is 5.96. The Labute approximate surface area is 125 Å². The Bertz CT molecular complexity index is 751. The summed E-state index contributed by atoms with van der Waals surface area (Å²) in [4.78, 5) is 0. The van der Waals surface area contributed by atoms with Gasteiger partial charge >= 0.3 is 0 Å². The van der Waals surface area contributed by atoms with Crippen LogP contribution in [0.1, 0.15) is 25.1 Å². The van der Waals surface area contributed by atoms with Crippen LogP contribution in [0.4, 0.5) is 0 Å². The largest absolute Gasteiger partial charge is 0.483 e. The quantitative estimate of drug-likeness (QED) is 0.826. The van der Waals surface area contributed by atoms with Crippen molar-refractivity contribution >= 4 is 6.08 Å². The van der Waals surface area contributed by atoms with Crippen LogP contribution in [0.15, 0.2) is 42.5 Å². The maximum atomic E-state index is 6.16. The van der Waals surface area contributed by atoms with Gasteiger partial charge in [-0.15, -0.1) is 0 Å². The van der Waals surface area contributed by atoms with Crippen molar-refractivity contribution in [1.82, 2.24) is 9.78 Å². The zero-order valence-corrected chi connectivity index (χ0v) is 13.0. The molecule has 0 aliphatic carbocycles. The molecule has 21 heavy (non-hydrogen) atoms. The molecule has 0 fully saturated rings. The minimum atomic E-state index is -0.351. The Morgan fingerprint density at radius 2 is 2.05 bits per heavy atom. The van der Waals surface area contributed by atoms with Crippen LogP contribution in [0.5, 0.6) is 5.75 Å². The first-order valence-electron chi connectivity index (χ1n) is 7.09. The highest BCUT2D eigenvalue weighted by atomic mass is 16.5. The van der Waals surface area contributed by atoms with Gasteiger partial charge in [0.25, 0.3) is 0 Å². The molecule has 2 heterocycles. The summed E-state index contributed by atoms with van der Waals surface area (Å²) < 4.78 is 8.06. The van der Waals surface area contributed by atoms with E-state index in [1.807, 2.05) is 24.7 Å². The van der Waals surface area contributed by atoms with Crippen LogP contribution in [0.2, 0.25) is 0 Å². The van der Waals surface area contributed by atoms with E-state index in [0.717, 1.165) is 33.8 Å². The van der Waals surface area contributed by atoms with Crippen LogP contribution < -0.4 is 4.74 Å². The SMILES string of the molecule is C=CC1=Cc2ccc(-c3cc(C)nn3C)cc2OC1(C)C. The fourth-order valence-corrected chi connectivity index (χ4v) is 2.76. The maximum Gasteiger partial charge on any atom is 0.128 e. The van der Waals surface area contributed by atoms with Crippen molar-refractivity contribution in [2.24, 2.45) is 7.05 Å². The molecular weight excluding hydrogens is 260 g/mol. The first-order chi connectivity index (χ1) is 9.90. The number of hydrogen-bond donors (Lipinski definition) is 0. The zero-order valence-electron chi connectivity index (χ0n) is 13.0. The highest BCUT2D eigenvalue weighted by Gasteiger charge is 2.28. The molecule has 1 aliphatic heterocycles. The standard InChI is InChI=1S/C18H20N2O/c1-6-15-10-14-8-7-13(11-17(14)21-18(15,3)4)16-9-12(2)19-20(16)5/h6-11H,1H2,2-5H3. The normalized spacial score (nSPS) is 15.9. The minimum absolute atomic E-state index is 0.351. The highest BCUT2D eigenvalue weighted by Crippen LogP contribution is 2.38. The van der Waals surface area contributed by atoms with Gasteiger partial charge < -0.3 is 4.74 Å². The molecule has 0 radical (unpaired) electrons. The van der Waals surface area contributed by atoms with Gasteiger partial charge in [0.1, 0.15) is 11.4 Å². The maximum absolute atomic E-state index is 6.16. The third-order valence-corrected chi connectivity index (χ3v) is 3.90. The van der Waals surface area contributed by atoms with E-state index in [-0.39, 0.29) is 5.60 Å². The van der Waals surface area contributed by atoms with Gasteiger partial charge in [0.15, 0.2) is 0 Å². The second kappa shape index (κ2) is 4.62. The number of benzene rings is 1. The Hall–Kier alpha value is -2.29. The molecule has 0 atom stereocenters. The molecule has 0 spiro atoms. The Balaban J connectivity index is 2.10. The molecule has 0 saturated carbocycles. The summed E-state index contributed by atoms with van der Waals surface area (Å²) in [5.41, 5.74) is 5.06. The summed E-state index contributed by atoms with van der Waals surface area (Å²) in [6, 6.07) is 8.37. The molecule has 3 nitrogen and oxygen atoms in total. The lowest BCUT2D eigenvalue weighted by Gasteiger charge is -2.32. The van der Waals surface area contributed by atoms with E-state index >= 15 is 0 Å².